The molecule has 0 bridgehead atoms. The van der Waals surface area contributed by atoms with Crippen molar-refractivity contribution in [2.75, 3.05) is 33.5 Å². The Balaban J connectivity index is 1.49. The highest BCUT2D eigenvalue weighted by Gasteiger charge is 2.34. The lowest BCUT2D eigenvalue weighted by Gasteiger charge is -2.14. The van der Waals surface area contributed by atoms with Crippen molar-refractivity contribution in [2.45, 2.75) is 13.0 Å². The Hall–Kier alpha value is -3.03. The quantitative estimate of drug-likeness (QED) is 0.492. The zero-order valence-corrected chi connectivity index (χ0v) is 16.3. The van der Waals surface area contributed by atoms with Crippen LogP contribution in [-0.2, 0) is 16.0 Å². The fourth-order valence-corrected chi connectivity index (χ4v) is 3.05. The number of carbonyl (C=O) groups is 3. The van der Waals surface area contributed by atoms with E-state index in [0.717, 1.165) is 5.56 Å². The molecule has 152 valence electrons. The van der Waals surface area contributed by atoms with E-state index in [1.54, 1.807) is 55.6 Å². The summed E-state index contributed by atoms with van der Waals surface area (Å²) in [6, 6.07) is 13.7. The molecule has 1 aliphatic heterocycles. The number of amides is 3. The van der Waals surface area contributed by atoms with Crippen LogP contribution in [0.5, 0.6) is 0 Å². The third-order valence-electron chi connectivity index (χ3n) is 4.62. The second-order valence-corrected chi connectivity index (χ2v) is 6.65. The van der Waals surface area contributed by atoms with Crippen molar-refractivity contribution in [3.63, 3.8) is 0 Å². The Morgan fingerprint density at radius 2 is 1.59 bits per heavy atom. The van der Waals surface area contributed by atoms with Gasteiger partial charge in [-0.15, -0.1) is 0 Å². The summed E-state index contributed by atoms with van der Waals surface area (Å²) in [6.45, 7) is 2.34. The second-order valence-electron chi connectivity index (χ2n) is 6.65. The van der Waals surface area contributed by atoms with E-state index in [2.05, 4.69) is 5.32 Å². The van der Waals surface area contributed by atoms with Crippen molar-refractivity contribution in [3.8, 4) is 0 Å². The van der Waals surface area contributed by atoms with Crippen LogP contribution >= 0.6 is 0 Å². The highest BCUT2D eigenvalue weighted by atomic mass is 16.5. The van der Waals surface area contributed by atoms with Crippen molar-refractivity contribution < 1.29 is 23.9 Å². The number of fused-ring (bicyclic) bond motifs is 1. The van der Waals surface area contributed by atoms with Gasteiger partial charge in [0.05, 0.1) is 30.9 Å². The fraction of sp³-hybridized carbons (Fsp3) is 0.318. The molecule has 0 aliphatic carbocycles. The SMILES string of the molecule is COCCOCCCNC(=O)c1ccc(CN2C(=O)c3ccccc3C2=O)cc1. The number of hydrogen-bond acceptors (Lipinski definition) is 5. The molecule has 1 aliphatic rings. The summed E-state index contributed by atoms with van der Waals surface area (Å²) in [5.41, 5.74) is 2.17. The van der Waals surface area contributed by atoms with Gasteiger partial charge in [0.15, 0.2) is 0 Å². The fourth-order valence-electron chi connectivity index (χ4n) is 3.05. The molecule has 0 unspecified atom stereocenters. The number of nitrogens with zero attached hydrogens (tertiary/aromatic N) is 1. The molecule has 2 aromatic carbocycles. The van der Waals surface area contributed by atoms with E-state index in [1.807, 2.05) is 0 Å². The molecule has 0 aromatic heterocycles. The molecule has 0 radical (unpaired) electrons. The van der Waals surface area contributed by atoms with Crippen LogP contribution < -0.4 is 5.32 Å². The zero-order valence-electron chi connectivity index (χ0n) is 16.3. The predicted molar refractivity (Wildman–Crippen MR) is 107 cm³/mol. The van der Waals surface area contributed by atoms with E-state index in [0.29, 0.717) is 49.5 Å². The minimum atomic E-state index is -0.292. The van der Waals surface area contributed by atoms with E-state index >= 15 is 0 Å². The monoisotopic (exact) mass is 396 g/mol. The normalized spacial score (nSPS) is 12.9. The first kappa shape index (κ1) is 20.7. The molecule has 0 atom stereocenters. The lowest BCUT2D eigenvalue weighted by Crippen LogP contribution is -2.29. The van der Waals surface area contributed by atoms with Gasteiger partial charge in [0.25, 0.3) is 17.7 Å². The maximum Gasteiger partial charge on any atom is 0.261 e. The third-order valence-corrected chi connectivity index (χ3v) is 4.62. The number of benzene rings is 2. The zero-order chi connectivity index (χ0) is 20.6. The summed E-state index contributed by atoms with van der Waals surface area (Å²) in [6.07, 6.45) is 0.716. The Bertz CT molecular complexity index is 844. The van der Waals surface area contributed by atoms with Crippen LogP contribution in [0.4, 0.5) is 0 Å². The molecule has 7 heteroatoms. The maximum atomic E-state index is 12.4. The summed E-state index contributed by atoms with van der Waals surface area (Å²) in [5.74, 6) is -0.755. The van der Waals surface area contributed by atoms with Gasteiger partial charge in [-0.2, -0.15) is 0 Å². The molecule has 0 saturated heterocycles. The largest absolute Gasteiger partial charge is 0.382 e. The van der Waals surface area contributed by atoms with Gasteiger partial charge in [-0.1, -0.05) is 24.3 Å². The molecule has 0 saturated carbocycles. The summed E-state index contributed by atoms with van der Waals surface area (Å²) in [4.78, 5) is 38.3. The number of methoxy groups -OCH3 is 1. The predicted octanol–water partition coefficient (Wildman–Crippen LogP) is 2.27. The molecule has 1 heterocycles. The second kappa shape index (κ2) is 9.95. The van der Waals surface area contributed by atoms with Crippen LogP contribution in [0.15, 0.2) is 48.5 Å². The molecule has 3 rings (SSSR count). The molecule has 7 nitrogen and oxygen atoms in total. The highest BCUT2D eigenvalue weighted by molar-refractivity contribution is 6.21. The van der Waals surface area contributed by atoms with Gasteiger partial charge in [0.2, 0.25) is 0 Å². The Labute approximate surface area is 169 Å². The third kappa shape index (κ3) is 5.07. The van der Waals surface area contributed by atoms with Crippen molar-refractivity contribution in [1.82, 2.24) is 10.2 Å². The van der Waals surface area contributed by atoms with Gasteiger partial charge >= 0.3 is 0 Å². The summed E-state index contributed by atoms with van der Waals surface area (Å²) < 4.78 is 10.2. The standard InChI is InChI=1S/C22H24N2O5/c1-28-13-14-29-12-4-11-23-20(25)17-9-7-16(8-10-17)15-24-21(26)18-5-2-3-6-19(18)22(24)27/h2-3,5-10H,4,11-15H2,1H3,(H,23,25). The molecule has 3 amide bonds. The van der Waals surface area contributed by atoms with Crippen LogP contribution in [0.3, 0.4) is 0 Å². The van der Waals surface area contributed by atoms with Crippen LogP contribution in [0.25, 0.3) is 0 Å². The Morgan fingerprint density at radius 1 is 0.931 bits per heavy atom. The van der Waals surface area contributed by atoms with Gasteiger partial charge in [-0.25, -0.2) is 0 Å². The van der Waals surface area contributed by atoms with E-state index in [-0.39, 0.29) is 24.3 Å². The van der Waals surface area contributed by atoms with E-state index in [1.165, 1.54) is 4.90 Å². The lowest BCUT2D eigenvalue weighted by molar-refractivity contribution is 0.0641. The number of carbonyl (C=O) groups excluding carboxylic acids is 3. The molecule has 2 aromatic rings. The number of imide groups is 1. The lowest BCUT2D eigenvalue weighted by atomic mass is 10.1. The van der Waals surface area contributed by atoms with Crippen molar-refractivity contribution >= 4 is 17.7 Å². The number of nitrogens with one attached hydrogen (secondary N) is 1. The average molecular weight is 396 g/mol. The van der Waals surface area contributed by atoms with Gasteiger partial charge in [0, 0.05) is 25.8 Å². The first-order chi connectivity index (χ1) is 14.1. The number of hydrogen-bond donors (Lipinski definition) is 1. The molecular weight excluding hydrogens is 372 g/mol. The highest BCUT2D eigenvalue weighted by Crippen LogP contribution is 2.24. The van der Waals surface area contributed by atoms with Gasteiger partial charge in [-0.05, 0) is 36.2 Å². The Morgan fingerprint density at radius 3 is 2.21 bits per heavy atom. The maximum absolute atomic E-state index is 12.4. The number of rotatable bonds is 10. The van der Waals surface area contributed by atoms with E-state index < -0.39 is 0 Å². The summed E-state index contributed by atoms with van der Waals surface area (Å²) >= 11 is 0. The van der Waals surface area contributed by atoms with Gasteiger partial charge in [-0.3, -0.25) is 19.3 Å². The van der Waals surface area contributed by atoms with Gasteiger partial charge < -0.3 is 14.8 Å². The molecule has 0 spiro atoms. The molecular formula is C22H24N2O5. The van der Waals surface area contributed by atoms with Crippen molar-refractivity contribution in [1.29, 1.82) is 0 Å². The smallest absolute Gasteiger partial charge is 0.261 e. The van der Waals surface area contributed by atoms with Crippen LogP contribution in [0, 0.1) is 0 Å². The minimum Gasteiger partial charge on any atom is -0.382 e. The van der Waals surface area contributed by atoms with Crippen LogP contribution in [-0.4, -0.2) is 56.1 Å². The molecule has 1 N–H and O–H groups in total. The molecule has 0 fully saturated rings. The number of ether oxygens (including phenoxy) is 2. The van der Waals surface area contributed by atoms with Crippen molar-refractivity contribution in [2.24, 2.45) is 0 Å². The van der Waals surface area contributed by atoms with Crippen molar-refractivity contribution in [3.05, 3.63) is 70.8 Å². The average Bonchev–Trinajstić information content (AvgIpc) is 2.98. The Kier molecular flexibility index (Phi) is 7.10. The van der Waals surface area contributed by atoms with E-state index in [9.17, 15) is 14.4 Å². The first-order valence-corrected chi connectivity index (χ1v) is 9.51. The summed E-state index contributed by atoms with van der Waals surface area (Å²) in [5, 5.41) is 2.84. The minimum absolute atomic E-state index is 0.172. The van der Waals surface area contributed by atoms with Crippen LogP contribution in [0.2, 0.25) is 0 Å². The first-order valence-electron chi connectivity index (χ1n) is 9.51. The van der Waals surface area contributed by atoms with E-state index in [4.69, 9.17) is 9.47 Å². The van der Waals surface area contributed by atoms with Gasteiger partial charge in [0.1, 0.15) is 0 Å². The topological polar surface area (TPSA) is 84.9 Å². The molecule has 29 heavy (non-hydrogen) atoms. The summed E-state index contributed by atoms with van der Waals surface area (Å²) in [7, 11) is 1.62. The van der Waals surface area contributed by atoms with Crippen LogP contribution in [0.1, 0.15) is 43.1 Å².